The molecule has 0 saturated heterocycles. The van der Waals surface area contributed by atoms with Crippen LogP contribution < -0.4 is 5.32 Å². The Morgan fingerprint density at radius 3 is 3.38 bits per heavy atom. The summed E-state index contributed by atoms with van der Waals surface area (Å²) in [6.45, 7) is 0.671. The van der Waals surface area contributed by atoms with E-state index in [2.05, 4.69) is 10.3 Å². The van der Waals surface area contributed by atoms with Crippen molar-refractivity contribution in [2.75, 3.05) is 13.6 Å². The largest absolute Gasteiger partial charge is 0.320 e. The van der Waals surface area contributed by atoms with Crippen molar-refractivity contribution >= 4 is 5.78 Å². The predicted octanol–water partition coefficient (Wildman–Crippen LogP) is 1.26. The number of ketones is 1. The minimum Gasteiger partial charge on any atom is -0.320 e. The maximum absolute atomic E-state index is 11.8. The van der Waals surface area contributed by atoms with Crippen molar-refractivity contribution < 1.29 is 10.3 Å². The fraction of sp³-hybridized carbons (Fsp3) is 0.400. The molecule has 3 nitrogen and oxygen atoms in total. The van der Waals surface area contributed by atoms with Crippen molar-refractivity contribution in [2.45, 2.75) is 12.8 Å². The van der Waals surface area contributed by atoms with Gasteiger partial charge in [-0.15, -0.1) is 0 Å². The Hall–Kier alpha value is -1.22. The molecule has 0 radical (unpaired) electrons. The summed E-state index contributed by atoms with van der Waals surface area (Å²) in [6, 6.07) is -0.776. The summed E-state index contributed by atoms with van der Waals surface area (Å²) < 4.78 is 29.7. The maximum atomic E-state index is 11.8. The van der Waals surface area contributed by atoms with Gasteiger partial charge >= 0.3 is 0 Å². The molecule has 0 bridgehead atoms. The molecule has 0 fully saturated rings. The zero-order valence-electron chi connectivity index (χ0n) is 11.5. The van der Waals surface area contributed by atoms with Crippen LogP contribution in [-0.2, 0) is 0 Å². The Labute approximate surface area is 83.8 Å². The third-order valence-electron chi connectivity index (χ3n) is 1.58. The Morgan fingerprint density at radius 1 is 1.77 bits per heavy atom. The second-order valence-electron chi connectivity index (χ2n) is 2.59. The first-order chi connectivity index (χ1) is 7.99. The van der Waals surface area contributed by atoms with Crippen LogP contribution in [0.15, 0.2) is 24.4 Å². The van der Waals surface area contributed by atoms with Crippen LogP contribution in [0.25, 0.3) is 0 Å². The van der Waals surface area contributed by atoms with E-state index in [1.165, 1.54) is 0 Å². The highest BCUT2D eigenvalue weighted by atomic mass is 16.1. The molecule has 1 N–H and O–H groups in total. The van der Waals surface area contributed by atoms with Gasteiger partial charge < -0.3 is 5.32 Å². The van der Waals surface area contributed by atoms with Gasteiger partial charge in [0.2, 0.25) is 0 Å². The number of Topliss-reactive ketones (excluding diaryl/α,β-unsaturated/α-hetero) is 1. The van der Waals surface area contributed by atoms with Crippen LogP contribution >= 0.6 is 0 Å². The Kier molecular flexibility index (Phi) is 2.30. The van der Waals surface area contributed by atoms with Gasteiger partial charge in [0.05, 0.1) is 5.48 Å². The molecule has 0 aliphatic heterocycles. The molecular formula is C10H14N2O. The second kappa shape index (κ2) is 5.43. The average Bonchev–Trinajstić information content (AvgIpc) is 2.26. The lowest BCUT2D eigenvalue weighted by Crippen LogP contribution is -2.10. The van der Waals surface area contributed by atoms with Crippen molar-refractivity contribution in [3.05, 3.63) is 30.0 Å². The third-order valence-corrected chi connectivity index (χ3v) is 1.58. The molecule has 1 heterocycles. The molecule has 0 unspecified atom stereocenters. The van der Waals surface area contributed by atoms with Crippen molar-refractivity contribution in [3.8, 4) is 0 Å². The molecule has 1 aromatic heterocycles. The van der Waals surface area contributed by atoms with E-state index in [1.54, 1.807) is 7.05 Å². The van der Waals surface area contributed by atoms with E-state index in [-0.39, 0.29) is 30.0 Å². The lowest BCUT2D eigenvalue weighted by Gasteiger charge is -1.99. The molecule has 1 rings (SSSR count). The van der Waals surface area contributed by atoms with Crippen molar-refractivity contribution in [2.24, 2.45) is 0 Å². The van der Waals surface area contributed by atoms with Crippen molar-refractivity contribution in [3.63, 3.8) is 0 Å². The minimum absolute atomic E-state index is 0.151. The summed E-state index contributed by atoms with van der Waals surface area (Å²) >= 11 is 0. The van der Waals surface area contributed by atoms with Crippen LogP contribution in [0.4, 0.5) is 0 Å². The van der Waals surface area contributed by atoms with Crippen LogP contribution in [0.2, 0.25) is 0 Å². The minimum atomic E-state index is -0.438. The Balaban J connectivity index is 2.97. The van der Waals surface area contributed by atoms with E-state index in [1.807, 2.05) is 0 Å². The summed E-state index contributed by atoms with van der Waals surface area (Å²) in [4.78, 5) is 15.2. The van der Waals surface area contributed by atoms with Gasteiger partial charge in [-0.1, -0.05) is 0 Å². The van der Waals surface area contributed by atoms with Crippen LogP contribution in [-0.4, -0.2) is 24.4 Å². The van der Waals surface area contributed by atoms with E-state index in [0.717, 1.165) is 0 Å². The fourth-order valence-corrected chi connectivity index (χ4v) is 0.913. The smallest absolute Gasteiger partial charge is 0.164 e. The van der Waals surface area contributed by atoms with Crippen LogP contribution in [0.5, 0.6) is 0 Å². The van der Waals surface area contributed by atoms with Gasteiger partial charge in [0, 0.05) is 24.3 Å². The molecule has 0 aromatic carbocycles. The van der Waals surface area contributed by atoms with Gasteiger partial charge in [-0.05, 0) is 32.1 Å². The Morgan fingerprint density at radius 2 is 2.62 bits per heavy atom. The topological polar surface area (TPSA) is 42.0 Å². The highest BCUT2D eigenvalue weighted by Crippen LogP contribution is 2.02. The lowest BCUT2D eigenvalue weighted by molar-refractivity contribution is 0.0980. The summed E-state index contributed by atoms with van der Waals surface area (Å²) in [7, 11) is 1.77. The van der Waals surface area contributed by atoms with Gasteiger partial charge in [-0.2, -0.15) is 0 Å². The highest BCUT2D eigenvalue weighted by Gasteiger charge is 2.03. The quantitative estimate of drug-likeness (QED) is 0.550. The molecule has 0 atom stereocenters. The number of nitrogens with zero attached hydrogens (tertiary/aromatic N) is 1. The first kappa shape index (κ1) is 5.50. The Bertz CT molecular complexity index is 437. The molecule has 70 valence electrons. The van der Waals surface area contributed by atoms with E-state index in [4.69, 9.17) is 5.48 Å². The number of pyridine rings is 1. The van der Waals surface area contributed by atoms with Gasteiger partial charge in [0.15, 0.2) is 5.78 Å². The highest BCUT2D eigenvalue weighted by molar-refractivity contribution is 5.95. The number of hydrogen-bond donors (Lipinski definition) is 1. The molecule has 0 aliphatic carbocycles. The zero-order valence-corrected chi connectivity index (χ0v) is 7.48. The number of nitrogens with one attached hydrogen (secondary N) is 1. The molecule has 1 aromatic rings. The number of carbonyl (C=O) groups is 1. The predicted molar refractivity (Wildman–Crippen MR) is 51.7 cm³/mol. The fourth-order valence-electron chi connectivity index (χ4n) is 0.913. The van der Waals surface area contributed by atoms with E-state index in [0.29, 0.717) is 13.0 Å². The molecule has 0 saturated carbocycles. The normalized spacial score (nSPS) is 14.2. The second-order valence-corrected chi connectivity index (χ2v) is 2.59. The van der Waals surface area contributed by atoms with E-state index < -0.39 is 12.2 Å². The monoisotopic (exact) mass is 182 g/mol. The SMILES string of the molecule is [2H]c1nc([2H])c(C(=O)CCCNC)c([2H])c1[2H]. The van der Waals surface area contributed by atoms with Gasteiger partial charge in [-0.3, -0.25) is 9.78 Å². The van der Waals surface area contributed by atoms with E-state index >= 15 is 0 Å². The molecule has 0 aliphatic rings. The van der Waals surface area contributed by atoms with Gasteiger partial charge in [-0.25, -0.2) is 0 Å². The van der Waals surface area contributed by atoms with Crippen molar-refractivity contribution in [1.82, 2.24) is 10.3 Å². The van der Waals surface area contributed by atoms with Crippen LogP contribution in [0.3, 0.4) is 0 Å². The third kappa shape index (κ3) is 3.34. The van der Waals surface area contributed by atoms with Crippen molar-refractivity contribution in [1.29, 1.82) is 0 Å². The standard InChI is InChI=1S/C10H14N2O/c1-11-6-3-5-10(13)9-4-2-7-12-8-9/h2,4,7-8,11H,3,5-6H2,1H3/i2D,4D,7D,8D. The molecule has 3 heteroatoms. The number of carbonyl (C=O) groups excluding carboxylic acids is 1. The molecule has 13 heavy (non-hydrogen) atoms. The molecule has 0 spiro atoms. The summed E-state index contributed by atoms with van der Waals surface area (Å²) in [5.41, 5.74) is -0.151. The zero-order chi connectivity index (χ0) is 13.0. The summed E-state index contributed by atoms with van der Waals surface area (Å²) in [5, 5.41) is 2.90. The first-order valence-corrected chi connectivity index (χ1v) is 4.11. The van der Waals surface area contributed by atoms with E-state index in [9.17, 15) is 4.79 Å². The van der Waals surface area contributed by atoms with Gasteiger partial charge in [0.1, 0.15) is 0 Å². The molecular weight excluding hydrogens is 164 g/mol. The number of hydrogen-bond acceptors (Lipinski definition) is 3. The van der Waals surface area contributed by atoms with Gasteiger partial charge in [0.25, 0.3) is 0 Å². The van der Waals surface area contributed by atoms with Crippen LogP contribution in [0.1, 0.15) is 28.7 Å². The maximum Gasteiger partial charge on any atom is 0.164 e. The lowest BCUT2D eigenvalue weighted by atomic mass is 10.1. The number of rotatable bonds is 5. The summed E-state index contributed by atoms with van der Waals surface area (Å²) in [6.07, 6.45) is -0.0152. The number of aromatic nitrogens is 1. The summed E-state index contributed by atoms with van der Waals surface area (Å²) in [5.74, 6) is -0.365. The first-order valence-electron chi connectivity index (χ1n) is 6.11. The molecule has 0 amide bonds. The van der Waals surface area contributed by atoms with Crippen LogP contribution in [0, 0.1) is 0 Å². The average molecular weight is 182 g/mol.